The van der Waals surface area contributed by atoms with Crippen molar-refractivity contribution < 1.29 is 14.1 Å². The molecule has 2 rings (SSSR count). The molecule has 0 saturated heterocycles. The van der Waals surface area contributed by atoms with Crippen LogP contribution >= 0.6 is 11.6 Å². The first kappa shape index (κ1) is 14.5. The third kappa shape index (κ3) is 3.79. The minimum absolute atomic E-state index is 0.168. The molecule has 7 heteroatoms. The maximum absolute atomic E-state index is 11.1. The molecule has 1 aromatic heterocycles. The van der Waals surface area contributed by atoms with Crippen LogP contribution in [-0.4, -0.2) is 41.7 Å². The molecule has 2 aromatic rings. The van der Waals surface area contributed by atoms with Crippen molar-refractivity contribution in [1.29, 1.82) is 0 Å². The van der Waals surface area contributed by atoms with Crippen molar-refractivity contribution in [2.24, 2.45) is 0 Å². The molecule has 0 bridgehead atoms. The van der Waals surface area contributed by atoms with Crippen molar-refractivity contribution in [3.8, 4) is 11.5 Å². The number of carbonyl (C=O) groups is 1. The number of aromatic nitrogens is 2. The predicted octanol–water partition coefficient (Wildman–Crippen LogP) is 1.99. The van der Waals surface area contributed by atoms with Crippen LogP contribution in [0.4, 0.5) is 0 Å². The molecule has 1 aromatic carbocycles. The Bertz CT molecular complexity index is 583. The largest absolute Gasteiger partial charge is 0.468 e. The van der Waals surface area contributed by atoms with E-state index in [0.29, 0.717) is 23.3 Å². The van der Waals surface area contributed by atoms with Gasteiger partial charge in [-0.1, -0.05) is 16.8 Å². The highest BCUT2D eigenvalue weighted by Gasteiger charge is 2.12. The van der Waals surface area contributed by atoms with E-state index >= 15 is 0 Å². The number of methoxy groups -OCH3 is 1. The summed E-state index contributed by atoms with van der Waals surface area (Å²) in [5.41, 5.74) is 0.795. The molecule has 0 amide bonds. The van der Waals surface area contributed by atoms with Crippen molar-refractivity contribution in [2.45, 2.75) is 6.54 Å². The fourth-order valence-corrected chi connectivity index (χ4v) is 1.74. The summed E-state index contributed by atoms with van der Waals surface area (Å²) < 4.78 is 9.76. The molecule has 1 heterocycles. The summed E-state index contributed by atoms with van der Waals surface area (Å²) in [6.45, 7) is 0.563. The quantitative estimate of drug-likeness (QED) is 0.786. The molecule has 0 spiro atoms. The molecule has 0 radical (unpaired) electrons. The lowest BCUT2D eigenvalue weighted by atomic mass is 10.2. The lowest BCUT2D eigenvalue weighted by Crippen LogP contribution is -2.26. The third-order valence-electron chi connectivity index (χ3n) is 2.60. The SMILES string of the molecule is COC(=O)CN(C)Cc1noc(-c2ccc(Cl)cc2)n1. The number of benzene rings is 1. The van der Waals surface area contributed by atoms with Gasteiger partial charge >= 0.3 is 5.97 Å². The van der Waals surface area contributed by atoms with Gasteiger partial charge in [-0.2, -0.15) is 4.98 Å². The van der Waals surface area contributed by atoms with Crippen molar-refractivity contribution >= 4 is 17.6 Å². The van der Waals surface area contributed by atoms with Crippen LogP contribution < -0.4 is 0 Å². The van der Waals surface area contributed by atoms with E-state index in [2.05, 4.69) is 14.9 Å². The summed E-state index contributed by atoms with van der Waals surface area (Å²) >= 11 is 5.82. The Hall–Kier alpha value is -1.92. The maximum Gasteiger partial charge on any atom is 0.319 e. The minimum atomic E-state index is -0.311. The Kier molecular flexibility index (Phi) is 4.70. The Morgan fingerprint density at radius 1 is 1.40 bits per heavy atom. The molecule has 0 unspecified atom stereocenters. The first-order chi connectivity index (χ1) is 9.58. The fourth-order valence-electron chi connectivity index (χ4n) is 1.61. The molecule has 0 fully saturated rings. The number of carbonyl (C=O) groups excluding carboxylic acids is 1. The number of nitrogens with zero attached hydrogens (tertiary/aromatic N) is 3. The number of esters is 1. The van der Waals surface area contributed by atoms with Crippen molar-refractivity contribution in [2.75, 3.05) is 20.7 Å². The highest BCUT2D eigenvalue weighted by molar-refractivity contribution is 6.30. The average Bonchev–Trinajstić information content (AvgIpc) is 2.87. The highest BCUT2D eigenvalue weighted by Crippen LogP contribution is 2.19. The highest BCUT2D eigenvalue weighted by atomic mass is 35.5. The van der Waals surface area contributed by atoms with Gasteiger partial charge in [0.05, 0.1) is 20.2 Å². The summed E-state index contributed by atoms with van der Waals surface area (Å²) in [6.07, 6.45) is 0. The lowest BCUT2D eigenvalue weighted by Gasteiger charge is -2.11. The summed E-state index contributed by atoms with van der Waals surface area (Å²) in [6, 6.07) is 7.11. The zero-order valence-electron chi connectivity index (χ0n) is 11.2. The van der Waals surface area contributed by atoms with E-state index in [0.717, 1.165) is 5.56 Å². The summed E-state index contributed by atoms with van der Waals surface area (Å²) in [5.74, 6) is 0.610. The lowest BCUT2D eigenvalue weighted by molar-refractivity contribution is -0.141. The van der Waals surface area contributed by atoms with Gasteiger partial charge in [0, 0.05) is 10.6 Å². The Morgan fingerprint density at radius 2 is 2.10 bits per heavy atom. The molecule has 0 aliphatic heterocycles. The standard InChI is InChI=1S/C13H14ClN3O3/c1-17(8-12(18)19-2)7-11-15-13(20-16-11)9-3-5-10(14)6-4-9/h3-6H,7-8H2,1-2H3. The van der Waals surface area contributed by atoms with Crippen LogP contribution in [0.3, 0.4) is 0 Å². The average molecular weight is 296 g/mol. The number of hydrogen-bond donors (Lipinski definition) is 0. The number of halogens is 1. The second-order valence-electron chi connectivity index (χ2n) is 4.27. The molecule has 20 heavy (non-hydrogen) atoms. The van der Waals surface area contributed by atoms with Crippen molar-refractivity contribution in [3.05, 3.63) is 35.1 Å². The van der Waals surface area contributed by atoms with E-state index in [1.807, 2.05) is 0 Å². The Morgan fingerprint density at radius 3 is 2.75 bits per heavy atom. The molecule has 0 atom stereocenters. The van der Waals surface area contributed by atoms with Crippen LogP contribution in [0.5, 0.6) is 0 Å². The third-order valence-corrected chi connectivity index (χ3v) is 2.85. The predicted molar refractivity (Wildman–Crippen MR) is 73.1 cm³/mol. The minimum Gasteiger partial charge on any atom is -0.468 e. The first-order valence-electron chi connectivity index (χ1n) is 5.92. The molecule has 0 aliphatic rings. The maximum atomic E-state index is 11.1. The van der Waals surface area contributed by atoms with E-state index in [9.17, 15) is 4.79 Å². The second-order valence-corrected chi connectivity index (χ2v) is 4.71. The molecular formula is C13H14ClN3O3. The van der Waals surface area contributed by atoms with Crippen LogP contribution in [0.25, 0.3) is 11.5 Å². The van der Waals surface area contributed by atoms with Gasteiger partial charge < -0.3 is 9.26 Å². The topological polar surface area (TPSA) is 68.5 Å². The summed E-state index contributed by atoms with van der Waals surface area (Å²) in [4.78, 5) is 17.1. The van der Waals surface area contributed by atoms with Crippen LogP contribution in [0, 0.1) is 0 Å². The van der Waals surface area contributed by atoms with Crippen LogP contribution in [0.15, 0.2) is 28.8 Å². The van der Waals surface area contributed by atoms with Gasteiger partial charge in [0.15, 0.2) is 5.82 Å². The van der Waals surface area contributed by atoms with Gasteiger partial charge in [-0.3, -0.25) is 9.69 Å². The zero-order valence-corrected chi connectivity index (χ0v) is 11.9. The van der Waals surface area contributed by atoms with Gasteiger partial charge in [-0.15, -0.1) is 0 Å². The monoisotopic (exact) mass is 295 g/mol. The number of likely N-dealkylation sites (N-methyl/N-ethyl adjacent to an activating group) is 1. The molecule has 0 saturated carbocycles. The van der Waals surface area contributed by atoms with Crippen LogP contribution in [-0.2, 0) is 16.1 Å². The Balaban J connectivity index is 2.02. The van der Waals surface area contributed by atoms with E-state index in [-0.39, 0.29) is 12.5 Å². The van der Waals surface area contributed by atoms with Gasteiger partial charge in [0.2, 0.25) is 0 Å². The normalized spacial score (nSPS) is 10.8. The number of rotatable bonds is 5. The Labute approximate surface area is 121 Å². The molecular weight excluding hydrogens is 282 g/mol. The summed E-state index contributed by atoms with van der Waals surface area (Å²) in [5, 5.41) is 4.52. The van der Waals surface area contributed by atoms with E-state index < -0.39 is 0 Å². The smallest absolute Gasteiger partial charge is 0.319 e. The number of hydrogen-bond acceptors (Lipinski definition) is 6. The van der Waals surface area contributed by atoms with Crippen LogP contribution in [0.1, 0.15) is 5.82 Å². The van der Waals surface area contributed by atoms with E-state index in [1.165, 1.54) is 7.11 Å². The van der Waals surface area contributed by atoms with Gasteiger partial charge in [-0.05, 0) is 31.3 Å². The van der Waals surface area contributed by atoms with Crippen LogP contribution in [0.2, 0.25) is 5.02 Å². The zero-order chi connectivity index (χ0) is 14.5. The van der Waals surface area contributed by atoms with Gasteiger partial charge in [-0.25, -0.2) is 0 Å². The van der Waals surface area contributed by atoms with Crippen molar-refractivity contribution in [1.82, 2.24) is 15.0 Å². The molecule has 0 N–H and O–H groups in total. The molecule has 106 valence electrons. The van der Waals surface area contributed by atoms with E-state index in [4.69, 9.17) is 16.1 Å². The molecule has 0 aliphatic carbocycles. The number of ether oxygens (including phenoxy) is 1. The van der Waals surface area contributed by atoms with E-state index in [1.54, 1.807) is 36.2 Å². The van der Waals surface area contributed by atoms with Gasteiger partial charge in [0.25, 0.3) is 5.89 Å². The fraction of sp³-hybridized carbons (Fsp3) is 0.308. The first-order valence-corrected chi connectivity index (χ1v) is 6.30. The van der Waals surface area contributed by atoms with Crippen molar-refractivity contribution in [3.63, 3.8) is 0 Å². The molecule has 6 nitrogen and oxygen atoms in total. The van der Waals surface area contributed by atoms with Gasteiger partial charge in [0.1, 0.15) is 0 Å². The summed E-state index contributed by atoms with van der Waals surface area (Å²) in [7, 11) is 3.12. The second kappa shape index (κ2) is 6.49.